The summed E-state index contributed by atoms with van der Waals surface area (Å²) in [6.07, 6.45) is 2.51. The molecule has 0 aromatic carbocycles. The van der Waals surface area contributed by atoms with Crippen molar-refractivity contribution in [3.8, 4) is 0 Å². The Bertz CT molecular complexity index is 440. The van der Waals surface area contributed by atoms with E-state index >= 15 is 0 Å². The van der Waals surface area contributed by atoms with E-state index in [1.807, 2.05) is 0 Å². The van der Waals surface area contributed by atoms with E-state index < -0.39 is 24.5 Å². The van der Waals surface area contributed by atoms with Gasteiger partial charge in [0.1, 0.15) is 5.76 Å². The lowest BCUT2D eigenvalue weighted by molar-refractivity contribution is -0.142. The molecule has 1 atom stereocenters. The van der Waals surface area contributed by atoms with Gasteiger partial charge in [0, 0.05) is 6.08 Å². The van der Waals surface area contributed by atoms with Gasteiger partial charge in [0.2, 0.25) is 5.91 Å². The summed E-state index contributed by atoms with van der Waals surface area (Å²) in [6, 6.07) is 1.98. The first kappa shape index (κ1) is 13.5. The summed E-state index contributed by atoms with van der Waals surface area (Å²) in [5, 5.41) is 19.4. The quantitative estimate of drug-likeness (QED) is 0.692. The van der Waals surface area contributed by atoms with Gasteiger partial charge in [-0.05, 0) is 34.1 Å². The molecule has 0 aliphatic rings. The lowest BCUT2D eigenvalue weighted by Gasteiger charge is -2.08. The number of hydrogen-bond acceptors (Lipinski definition) is 4. The predicted molar refractivity (Wildman–Crippen MR) is 62.1 cm³/mol. The summed E-state index contributed by atoms with van der Waals surface area (Å²) in [5.74, 6) is -1.48. The molecular formula is C10H10BrNO5. The van der Waals surface area contributed by atoms with E-state index in [2.05, 4.69) is 21.2 Å². The molecule has 0 saturated carbocycles. The summed E-state index contributed by atoms with van der Waals surface area (Å²) in [6.45, 7) is -0.665. The third kappa shape index (κ3) is 4.41. The van der Waals surface area contributed by atoms with Crippen LogP contribution in [-0.2, 0) is 9.59 Å². The average Bonchev–Trinajstić information content (AvgIpc) is 2.68. The van der Waals surface area contributed by atoms with Crippen molar-refractivity contribution in [3.05, 3.63) is 28.6 Å². The number of rotatable bonds is 5. The minimum atomic E-state index is -1.31. The molecule has 0 bridgehead atoms. The molecule has 0 aliphatic carbocycles. The van der Waals surface area contributed by atoms with Crippen LogP contribution in [0.25, 0.3) is 6.08 Å². The maximum absolute atomic E-state index is 11.3. The fraction of sp³-hybridized carbons (Fsp3) is 0.200. The Morgan fingerprint density at radius 1 is 1.53 bits per heavy atom. The third-order valence-electron chi connectivity index (χ3n) is 1.79. The zero-order valence-corrected chi connectivity index (χ0v) is 10.2. The predicted octanol–water partition coefficient (Wildman–Crippen LogP) is 0.617. The fourth-order valence-corrected chi connectivity index (χ4v) is 1.30. The first-order valence-electron chi connectivity index (χ1n) is 4.60. The lowest BCUT2D eigenvalue weighted by Crippen LogP contribution is -2.42. The highest BCUT2D eigenvalue weighted by Crippen LogP contribution is 2.14. The summed E-state index contributed by atoms with van der Waals surface area (Å²) < 4.78 is 5.62. The van der Waals surface area contributed by atoms with Crippen molar-refractivity contribution in [3.63, 3.8) is 0 Å². The number of furan rings is 1. The molecule has 0 unspecified atom stereocenters. The highest BCUT2D eigenvalue weighted by Gasteiger charge is 2.17. The second-order valence-electron chi connectivity index (χ2n) is 3.06. The Kier molecular flexibility index (Phi) is 4.92. The Hall–Kier alpha value is -1.60. The van der Waals surface area contributed by atoms with E-state index in [0.717, 1.165) is 6.08 Å². The van der Waals surface area contributed by atoms with Crippen LogP contribution in [0.1, 0.15) is 5.76 Å². The van der Waals surface area contributed by atoms with Crippen LogP contribution in [0, 0.1) is 0 Å². The largest absolute Gasteiger partial charge is 0.480 e. The van der Waals surface area contributed by atoms with E-state index in [9.17, 15) is 9.59 Å². The van der Waals surface area contributed by atoms with Crippen molar-refractivity contribution >= 4 is 33.9 Å². The third-order valence-corrected chi connectivity index (χ3v) is 2.22. The molecule has 92 valence electrons. The minimum absolute atomic E-state index is 0.447. The molecule has 1 heterocycles. The van der Waals surface area contributed by atoms with Gasteiger partial charge in [-0.15, -0.1) is 0 Å². The Morgan fingerprint density at radius 3 is 2.71 bits per heavy atom. The van der Waals surface area contributed by atoms with Gasteiger partial charge in [-0.25, -0.2) is 4.79 Å². The van der Waals surface area contributed by atoms with Crippen molar-refractivity contribution in [1.82, 2.24) is 5.32 Å². The molecule has 7 heteroatoms. The number of aliphatic hydroxyl groups is 1. The molecule has 0 saturated heterocycles. The molecule has 1 amide bonds. The number of carboxylic acids is 1. The van der Waals surface area contributed by atoms with Crippen LogP contribution in [0.15, 0.2) is 27.3 Å². The second-order valence-corrected chi connectivity index (χ2v) is 3.84. The first-order chi connectivity index (χ1) is 8.02. The average molecular weight is 304 g/mol. The van der Waals surface area contributed by atoms with Crippen molar-refractivity contribution < 1.29 is 24.2 Å². The number of aliphatic carboxylic acids is 1. The van der Waals surface area contributed by atoms with E-state index in [-0.39, 0.29) is 0 Å². The molecule has 1 aromatic rings. The van der Waals surface area contributed by atoms with Gasteiger partial charge in [-0.2, -0.15) is 0 Å². The van der Waals surface area contributed by atoms with E-state index in [1.54, 1.807) is 12.1 Å². The van der Waals surface area contributed by atoms with Gasteiger partial charge in [0.15, 0.2) is 10.7 Å². The van der Waals surface area contributed by atoms with E-state index in [1.165, 1.54) is 6.08 Å². The van der Waals surface area contributed by atoms with Crippen LogP contribution in [-0.4, -0.2) is 34.7 Å². The van der Waals surface area contributed by atoms with Crippen molar-refractivity contribution in [2.75, 3.05) is 6.61 Å². The maximum Gasteiger partial charge on any atom is 0.328 e. The lowest BCUT2D eigenvalue weighted by atomic mass is 10.3. The summed E-state index contributed by atoms with van der Waals surface area (Å²) in [7, 11) is 0. The molecule has 17 heavy (non-hydrogen) atoms. The zero-order valence-electron chi connectivity index (χ0n) is 8.59. The summed E-state index contributed by atoms with van der Waals surface area (Å²) in [5.41, 5.74) is 0. The summed E-state index contributed by atoms with van der Waals surface area (Å²) in [4.78, 5) is 21.8. The van der Waals surface area contributed by atoms with Crippen LogP contribution in [0.3, 0.4) is 0 Å². The molecule has 0 spiro atoms. The van der Waals surface area contributed by atoms with Crippen LogP contribution >= 0.6 is 15.9 Å². The SMILES string of the molecule is O=C(/C=C/c1ccc(Br)o1)N[C@H](CO)C(=O)O. The number of carbonyl (C=O) groups excluding carboxylic acids is 1. The number of halogens is 1. The minimum Gasteiger partial charge on any atom is -0.480 e. The van der Waals surface area contributed by atoms with Gasteiger partial charge in [0.25, 0.3) is 0 Å². The van der Waals surface area contributed by atoms with E-state index in [0.29, 0.717) is 10.4 Å². The normalized spacial score (nSPS) is 12.6. The highest BCUT2D eigenvalue weighted by molar-refractivity contribution is 9.10. The number of carboxylic acid groups (broad SMARTS) is 1. The summed E-state index contributed by atoms with van der Waals surface area (Å²) >= 11 is 3.10. The topological polar surface area (TPSA) is 99.8 Å². The molecule has 1 aromatic heterocycles. The van der Waals surface area contributed by atoms with Crippen molar-refractivity contribution in [2.24, 2.45) is 0 Å². The Balaban J connectivity index is 2.54. The Morgan fingerprint density at radius 2 is 2.24 bits per heavy atom. The number of carbonyl (C=O) groups is 2. The van der Waals surface area contributed by atoms with Crippen LogP contribution < -0.4 is 5.32 Å². The maximum atomic E-state index is 11.3. The highest BCUT2D eigenvalue weighted by atomic mass is 79.9. The first-order valence-corrected chi connectivity index (χ1v) is 5.40. The van der Waals surface area contributed by atoms with Gasteiger partial charge >= 0.3 is 5.97 Å². The molecule has 0 fully saturated rings. The van der Waals surface area contributed by atoms with Gasteiger partial charge in [-0.3, -0.25) is 4.79 Å². The zero-order chi connectivity index (χ0) is 12.8. The molecule has 1 rings (SSSR count). The number of amides is 1. The molecule has 0 aliphatic heterocycles. The van der Waals surface area contributed by atoms with Crippen LogP contribution in [0.4, 0.5) is 0 Å². The monoisotopic (exact) mass is 303 g/mol. The standard InChI is InChI=1S/C10H10BrNO5/c11-8-3-1-6(17-8)2-4-9(14)12-7(5-13)10(15)16/h1-4,7,13H,5H2,(H,12,14)(H,15,16)/b4-2+/t7-/m1/s1. The fourth-order valence-electron chi connectivity index (χ4n) is 0.981. The van der Waals surface area contributed by atoms with Gasteiger partial charge in [-0.1, -0.05) is 0 Å². The van der Waals surface area contributed by atoms with Crippen LogP contribution in [0.5, 0.6) is 0 Å². The van der Waals surface area contributed by atoms with Crippen molar-refractivity contribution in [2.45, 2.75) is 6.04 Å². The second kappa shape index (κ2) is 6.21. The molecule has 3 N–H and O–H groups in total. The Labute approximate surface area is 105 Å². The van der Waals surface area contributed by atoms with Gasteiger partial charge < -0.3 is 19.9 Å². The molecular weight excluding hydrogens is 294 g/mol. The van der Waals surface area contributed by atoms with Gasteiger partial charge in [0.05, 0.1) is 6.61 Å². The molecule has 0 radical (unpaired) electrons. The van der Waals surface area contributed by atoms with Crippen molar-refractivity contribution in [1.29, 1.82) is 0 Å². The number of aliphatic hydroxyl groups excluding tert-OH is 1. The van der Waals surface area contributed by atoms with Crippen LogP contribution in [0.2, 0.25) is 0 Å². The molecule has 6 nitrogen and oxygen atoms in total. The smallest absolute Gasteiger partial charge is 0.328 e. The number of hydrogen-bond donors (Lipinski definition) is 3. The van der Waals surface area contributed by atoms with E-state index in [4.69, 9.17) is 14.6 Å². The number of nitrogens with one attached hydrogen (secondary N) is 1.